The maximum Gasteiger partial charge on any atom is 0.222 e. The van der Waals surface area contributed by atoms with Crippen molar-refractivity contribution in [2.45, 2.75) is 45.7 Å². The predicted octanol–water partition coefficient (Wildman–Crippen LogP) is 2.83. The van der Waals surface area contributed by atoms with Gasteiger partial charge in [-0.2, -0.15) is 0 Å². The number of piperidine rings is 1. The zero-order valence-corrected chi connectivity index (χ0v) is 12.9. The summed E-state index contributed by atoms with van der Waals surface area (Å²) in [5.41, 5.74) is 2.69. The van der Waals surface area contributed by atoms with Crippen LogP contribution in [-0.4, -0.2) is 41.9 Å². The Morgan fingerprint density at radius 3 is 2.40 bits per heavy atom. The Kier molecular flexibility index (Phi) is 5.18. The maximum atomic E-state index is 11.7. The van der Waals surface area contributed by atoms with Gasteiger partial charge in [-0.1, -0.05) is 36.8 Å². The summed E-state index contributed by atoms with van der Waals surface area (Å²) in [6.07, 6.45) is 2.79. The molecule has 0 atom stereocenters. The highest BCUT2D eigenvalue weighted by molar-refractivity contribution is 5.75. The molecule has 0 bridgehead atoms. The summed E-state index contributed by atoms with van der Waals surface area (Å²) >= 11 is 0. The van der Waals surface area contributed by atoms with Gasteiger partial charge in [0.05, 0.1) is 0 Å². The van der Waals surface area contributed by atoms with Crippen molar-refractivity contribution in [1.82, 2.24) is 9.80 Å². The van der Waals surface area contributed by atoms with E-state index in [1.54, 1.807) is 0 Å². The Hall–Kier alpha value is -1.35. The van der Waals surface area contributed by atoms with Crippen LogP contribution in [0.5, 0.6) is 0 Å². The monoisotopic (exact) mass is 274 g/mol. The summed E-state index contributed by atoms with van der Waals surface area (Å²) in [5.74, 6) is 0.266. The molecule has 3 heteroatoms. The Morgan fingerprint density at radius 1 is 1.25 bits per heavy atom. The van der Waals surface area contributed by atoms with Gasteiger partial charge in [0, 0.05) is 39.1 Å². The Labute approximate surface area is 122 Å². The van der Waals surface area contributed by atoms with Crippen molar-refractivity contribution in [3.63, 3.8) is 0 Å². The lowest BCUT2D eigenvalue weighted by atomic mass is 10.0. The van der Waals surface area contributed by atoms with E-state index in [0.29, 0.717) is 12.5 Å². The minimum Gasteiger partial charge on any atom is -0.343 e. The van der Waals surface area contributed by atoms with E-state index in [1.165, 1.54) is 11.1 Å². The van der Waals surface area contributed by atoms with Gasteiger partial charge in [0.15, 0.2) is 0 Å². The zero-order valence-electron chi connectivity index (χ0n) is 12.9. The minimum atomic E-state index is 0.266. The van der Waals surface area contributed by atoms with Crippen LogP contribution in [0.15, 0.2) is 24.3 Å². The van der Waals surface area contributed by atoms with Crippen molar-refractivity contribution < 1.29 is 4.79 Å². The Bertz CT molecular complexity index is 433. The molecular formula is C17H26N2O. The van der Waals surface area contributed by atoms with Gasteiger partial charge < -0.3 is 4.90 Å². The number of amides is 1. The highest BCUT2D eigenvalue weighted by atomic mass is 16.2. The van der Waals surface area contributed by atoms with Crippen molar-refractivity contribution in [2.24, 2.45) is 0 Å². The Morgan fingerprint density at radius 2 is 1.85 bits per heavy atom. The van der Waals surface area contributed by atoms with Gasteiger partial charge in [-0.25, -0.2) is 0 Å². The molecule has 1 aliphatic heterocycles. The van der Waals surface area contributed by atoms with Crippen LogP contribution in [0.25, 0.3) is 0 Å². The highest BCUT2D eigenvalue weighted by Gasteiger charge is 2.24. The number of carbonyl (C=O) groups is 1. The number of benzene rings is 1. The normalized spacial score (nSPS) is 17.1. The van der Waals surface area contributed by atoms with E-state index < -0.39 is 0 Å². The summed E-state index contributed by atoms with van der Waals surface area (Å²) < 4.78 is 0. The molecule has 0 radical (unpaired) electrons. The number of hydrogen-bond acceptors (Lipinski definition) is 2. The number of nitrogens with zero attached hydrogens (tertiary/aromatic N) is 2. The van der Waals surface area contributed by atoms with Gasteiger partial charge in [-0.3, -0.25) is 9.69 Å². The largest absolute Gasteiger partial charge is 0.343 e. The number of rotatable bonds is 4. The van der Waals surface area contributed by atoms with Crippen LogP contribution < -0.4 is 0 Å². The van der Waals surface area contributed by atoms with Crippen LogP contribution in [0.3, 0.4) is 0 Å². The molecule has 0 spiro atoms. The first-order chi connectivity index (χ1) is 9.60. The molecule has 1 fully saturated rings. The van der Waals surface area contributed by atoms with Crippen molar-refractivity contribution in [3.05, 3.63) is 35.4 Å². The maximum absolute atomic E-state index is 11.7. The third-order valence-electron chi connectivity index (χ3n) is 4.33. The summed E-state index contributed by atoms with van der Waals surface area (Å²) in [7, 11) is 1.95. The average molecular weight is 274 g/mol. The third kappa shape index (κ3) is 3.83. The van der Waals surface area contributed by atoms with Crippen molar-refractivity contribution in [1.29, 1.82) is 0 Å². The van der Waals surface area contributed by atoms with Crippen LogP contribution in [0.2, 0.25) is 0 Å². The summed E-state index contributed by atoms with van der Waals surface area (Å²) in [6, 6.07) is 9.21. The lowest BCUT2D eigenvalue weighted by Crippen LogP contribution is -2.45. The lowest BCUT2D eigenvalue weighted by molar-refractivity contribution is -0.132. The molecule has 1 amide bonds. The van der Waals surface area contributed by atoms with Crippen molar-refractivity contribution in [2.75, 3.05) is 20.1 Å². The fourth-order valence-electron chi connectivity index (χ4n) is 2.87. The molecule has 3 nitrogen and oxygen atoms in total. The second-order valence-corrected chi connectivity index (χ2v) is 5.85. The molecule has 0 unspecified atom stereocenters. The van der Waals surface area contributed by atoms with E-state index in [0.717, 1.165) is 32.5 Å². The molecule has 0 aromatic heterocycles. The topological polar surface area (TPSA) is 23.6 Å². The lowest BCUT2D eigenvalue weighted by Gasteiger charge is -2.36. The molecule has 20 heavy (non-hydrogen) atoms. The molecule has 0 aliphatic carbocycles. The van der Waals surface area contributed by atoms with Gasteiger partial charge in [-0.05, 0) is 25.3 Å². The van der Waals surface area contributed by atoms with E-state index in [2.05, 4.69) is 36.1 Å². The standard InChI is InChI=1S/C17H26N2O/c1-4-17(20)18(3)16-9-11-19(12-10-16)13-15-7-5-14(2)6-8-15/h5-8,16H,4,9-13H2,1-3H3. The van der Waals surface area contributed by atoms with Crippen LogP contribution in [0.4, 0.5) is 0 Å². The molecule has 0 N–H and O–H groups in total. The first kappa shape index (κ1) is 15.0. The number of aryl methyl sites for hydroxylation is 1. The summed E-state index contributed by atoms with van der Waals surface area (Å²) in [6.45, 7) is 7.25. The van der Waals surface area contributed by atoms with E-state index >= 15 is 0 Å². The number of carbonyl (C=O) groups excluding carboxylic acids is 1. The number of hydrogen-bond donors (Lipinski definition) is 0. The van der Waals surface area contributed by atoms with Gasteiger partial charge in [-0.15, -0.1) is 0 Å². The van der Waals surface area contributed by atoms with Crippen molar-refractivity contribution >= 4 is 5.91 Å². The summed E-state index contributed by atoms with van der Waals surface area (Å²) in [5, 5.41) is 0. The second-order valence-electron chi connectivity index (χ2n) is 5.85. The molecule has 1 heterocycles. The molecule has 0 saturated carbocycles. The Balaban J connectivity index is 1.82. The van der Waals surface area contributed by atoms with E-state index in [9.17, 15) is 4.79 Å². The van der Waals surface area contributed by atoms with Crippen molar-refractivity contribution in [3.8, 4) is 0 Å². The van der Waals surface area contributed by atoms with E-state index in [4.69, 9.17) is 0 Å². The fraction of sp³-hybridized carbons (Fsp3) is 0.588. The first-order valence-corrected chi connectivity index (χ1v) is 7.63. The molecule has 1 saturated heterocycles. The number of likely N-dealkylation sites (tertiary alicyclic amines) is 1. The molecule has 110 valence electrons. The molecule has 1 aromatic carbocycles. The molecule has 1 aliphatic rings. The first-order valence-electron chi connectivity index (χ1n) is 7.63. The minimum absolute atomic E-state index is 0.266. The summed E-state index contributed by atoms with van der Waals surface area (Å²) in [4.78, 5) is 16.2. The highest BCUT2D eigenvalue weighted by Crippen LogP contribution is 2.18. The molecular weight excluding hydrogens is 248 g/mol. The quantitative estimate of drug-likeness (QED) is 0.843. The fourth-order valence-corrected chi connectivity index (χ4v) is 2.87. The van der Waals surface area contributed by atoms with Crippen LogP contribution in [0, 0.1) is 6.92 Å². The average Bonchev–Trinajstić information content (AvgIpc) is 2.49. The van der Waals surface area contributed by atoms with Gasteiger partial charge in [0.25, 0.3) is 0 Å². The van der Waals surface area contributed by atoms with Gasteiger partial charge in [0.1, 0.15) is 0 Å². The second kappa shape index (κ2) is 6.89. The zero-order chi connectivity index (χ0) is 14.5. The van der Waals surface area contributed by atoms with E-state index in [-0.39, 0.29) is 5.91 Å². The smallest absolute Gasteiger partial charge is 0.222 e. The molecule has 2 rings (SSSR count). The predicted molar refractivity (Wildman–Crippen MR) is 82.5 cm³/mol. The van der Waals surface area contributed by atoms with E-state index in [1.807, 2.05) is 18.9 Å². The van der Waals surface area contributed by atoms with Crippen LogP contribution in [0.1, 0.15) is 37.3 Å². The van der Waals surface area contributed by atoms with Crippen LogP contribution >= 0.6 is 0 Å². The third-order valence-corrected chi connectivity index (χ3v) is 4.33. The van der Waals surface area contributed by atoms with Crippen LogP contribution in [-0.2, 0) is 11.3 Å². The van der Waals surface area contributed by atoms with Gasteiger partial charge >= 0.3 is 0 Å². The van der Waals surface area contributed by atoms with Gasteiger partial charge in [0.2, 0.25) is 5.91 Å². The molecule has 1 aromatic rings. The SMILES string of the molecule is CCC(=O)N(C)C1CCN(Cc2ccc(C)cc2)CC1.